The zero-order valence-electron chi connectivity index (χ0n) is 13.4. The minimum Gasteiger partial charge on any atom is -0.367 e. The van der Waals surface area contributed by atoms with E-state index in [0.29, 0.717) is 23.7 Å². The number of hydrogen-bond acceptors (Lipinski definition) is 3. The summed E-state index contributed by atoms with van der Waals surface area (Å²) in [6.07, 6.45) is 5.62. The Hall–Kier alpha value is -1.62. The van der Waals surface area contributed by atoms with Crippen LogP contribution in [0.1, 0.15) is 12.0 Å². The molecule has 0 aromatic heterocycles. The van der Waals surface area contributed by atoms with Crippen molar-refractivity contribution < 1.29 is 9.59 Å². The van der Waals surface area contributed by atoms with E-state index >= 15 is 0 Å². The fourth-order valence-electron chi connectivity index (χ4n) is 5.16. The van der Waals surface area contributed by atoms with Crippen molar-refractivity contribution in [1.29, 1.82) is 0 Å². The number of carbonyl (C=O) groups excluding carboxylic acids is 2. The number of aryl methyl sites for hydroxylation is 1. The van der Waals surface area contributed by atoms with Gasteiger partial charge in [-0.1, -0.05) is 28.1 Å². The number of allylic oxidation sites excluding steroid dienone is 2. The maximum absolute atomic E-state index is 12.9. The summed E-state index contributed by atoms with van der Waals surface area (Å²) in [6.45, 7) is 2.28. The molecule has 0 radical (unpaired) electrons. The highest BCUT2D eigenvalue weighted by Crippen LogP contribution is 2.65. The molecule has 5 aliphatic rings. The molecule has 124 valence electrons. The number of benzene rings is 1. The molecule has 0 spiro atoms. The van der Waals surface area contributed by atoms with E-state index in [4.69, 9.17) is 0 Å². The third kappa shape index (κ3) is 1.91. The van der Waals surface area contributed by atoms with E-state index in [1.54, 1.807) is 0 Å². The van der Waals surface area contributed by atoms with Gasteiger partial charge in [0.1, 0.15) is 0 Å². The van der Waals surface area contributed by atoms with Gasteiger partial charge in [0.2, 0.25) is 11.8 Å². The summed E-state index contributed by atoms with van der Waals surface area (Å²) in [5.74, 6) is 1.73. The normalized spacial score (nSPS) is 38.3. The molecule has 1 saturated heterocycles. The first-order chi connectivity index (χ1) is 11.6. The topological polar surface area (TPSA) is 49.4 Å². The van der Waals surface area contributed by atoms with Crippen LogP contribution in [0.25, 0.3) is 0 Å². The van der Waals surface area contributed by atoms with E-state index in [0.717, 1.165) is 15.7 Å². The summed E-state index contributed by atoms with van der Waals surface area (Å²) in [7, 11) is 0. The number of likely N-dealkylation sites (tertiary alicyclic amines) is 1. The molecule has 1 aliphatic heterocycles. The second-order valence-electron chi connectivity index (χ2n) is 7.55. The molecular weight excluding hydrogens is 368 g/mol. The molecule has 6 rings (SSSR count). The van der Waals surface area contributed by atoms with E-state index in [-0.39, 0.29) is 30.3 Å². The predicted octanol–water partition coefficient (Wildman–Crippen LogP) is 3.18. The van der Waals surface area contributed by atoms with Crippen LogP contribution in [0.5, 0.6) is 0 Å². The molecule has 3 fully saturated rings. The molecular formula is C19H19BrN2O2. The smallest absolute Gasteiger partial charge is 0.235 e. The number of nitrogens with zero attached hydrogens (tertiary/aromatic N) is 1. The van der Waals surface area contributed by atoms with Crippen LogP contribution in [0.2, 0.25) is 0 Å². The maximum Gasteiger partial charge on any atom is 0.235 e. The molecule has 0 unspecified atom stereocenters. The van der Waals surface area contributed by atoms with Crippen LogP contribution in [-0.2, 0) is 9.59 Å². The molecule has 24 heavy (non-hydrogen) atoms. The van der Waals surface area contributed by atoms with Gasteiger partial charge in [-0.25, -0.2) is 0 Å². The summed E-state index contributed by atoms with van der Waals surface area (Å²) < 4.78 is 1.02. The second-order valence-corrected chi connectivity index (χ2v) is 8.47. The van der Waals surface area contributed by atoms with Crippen molar-refractivity contribution in [3.8, 4) is 0 Å². The van der Waals surface area contributed by atoms with E-state index in [1.807, 2.05) is 25.1 Å². The summed E-state index contributed by atoms with van der Waals surface area (Å²) in [6, 6.07) is 5.95. The first-order valence-corrected chi connectivity index (χ1v) is 9.39. The van der Waals surface area contributed by atoms with Crippen LogP contribution in [0, 0.1) is 42.4 Å². The molecule has 2 bridgehead atoms. The van der Waals surface area contributed by atoms with Gasteiger partial charge in [-0.05, 0) is 60.8 Å². The van der Waals surface area contributed by atoms with Crippen LogP contribution >= 0.6 is 15.9 Å². The average Bonchev–Trinajstić information content (AvgIpc) is 3.33. The van der Waals surface area contributed by atoms with Gasteiger partial charge in [0, 0.05) is 10.2 Å². The van der Waals surface area contributed by atoms with Crippen molar-refractivity contribution in [3.63, 3.8) is 0 Å². The van der Waals surface area contributed by atoms with Crippen molar-refractivity contribution in [2.75, 3.05) is 12.0 Å². The van der Waals surface area contributed by atoms with Gasteiger partial charge < -0.3 is 5.32 Å². The number of amides is 2. The van der Waals surface area contributed by atoms with Crippen molar-refractivity contribution in [3.05, 3.63) is 40.4 Å². The number of imide groups is 1. The number of anilines is 1. The van der Waals surface area contributed by atoms with Gasteiger partial charge >= 0.3 is 0 Å². The second kappa shape index (κ2) is 4.94. The molecule has 4 nitrogen and oxygen atoms in total. The highest BCUT2D eigenvalue weighted by Gasteiger charge is 2.66. The molecule has 2 saturated carbocycles. The van der Waals surface area contributed by atoms with Gasteiger partial charge in [-0.3, -0.25) is 14.5 Å². The van der Waals surface area contributed by atoms with E-state index < -0.39 is 0 Å². The minimum absolute atomic E-state index is 0.0250. The highest BCUT2D eigenvalue weighted by molar-refractivity contribution is 9.10. The van der Waals surface area contributed by atoms with Gasteiger partial charge in [-0.2, -0.15) is 0 Å². The number of hydrogen-bond donors (Lipinski definition) is 1. The summed E-state index contributed by atoms with van der Waals surface area (Å²) in [4.78, 5) is 27.2. The lowest BCUT2D eigenvalue weighted by molar-refractivity contribution is -0.139. The van der Waals surface area contributed by atoms with E-state index in [9.17, 15) is 9.59 Å². The van der Waals surface area contributed by atoms with Crippen LogP contribution in [0.3, 0.4) is 0 Å². The van der Waals surface area contributed by atoms with E-state index in [2.05, 4.69) is 33.4 Å². The lowest BCUT2D eigenvalue weighted by Crippen LogP contribution is -2.40. The van der Waals surface area contributed by atoms with Crippen molar-refractivity contribution in [1.82, 2.24) is 4.90 Å². The summed E-state index contributed by atoms with van der Waals surface area (Å²) >= 11 is 3.45. The Morgan fingerprint density at radius 2 is 1.75 bits per heavy atom. The first kappa shape index (κ1) is 14.7. The number of carbonyl (C=O) groups is 2. The van der Waals surface area contributed by atoms with Crippen molar-refractivity contribution in [2.45, 2.75) is 13.3 Å². The number of halogens is 1. The van der Waals surface area contributed by atoms with Gasteiger partial charge in [0.25, 0.3) is 0 Å². The largest absolute Gasteiger partial charge is 0.367 e. The zero-order chi connectivity index (χ0) is 16.6. The fourth-order valence-corrected chi connectivity index (χ4v) is 5.64. The standard InChI is InChI=1S/C19H19BrN2O2/c1-9-6-10(20)2-5-15(9)21-8-22-18(23)16-11-3-4-12(14-7-13(11)14)17(16)19(22)24/h2-6,11-14,16-17,21H,7-8H2,1H3/t11-,12-,13-,14+,16+,17-/m1/s1. The number of nitrogens with one attached hydrogen (secondary N) is 1. The molecule has 6 atom stereocenters. The first-order valence-electron chi connectivity index (χ1n) is 8.60. The Morgan fingerprint density at radius 3 is 2.33 bits per heavy atom. The molecule has 5 heteroatoms. The lowest BCUT2D eigenvalue weighted by Gasteiger charge is -2.37. The number of rotatable bonds is 3. The third-order valence-corrected chi connectivity index (χ3v) is 6.86. The molecule has 2 amide bonds. The minimum atomic E-state index is -0.107. The highest BCUT2D eigenvalue weighted by atomic mass is 79.9. The lowest BCUT2D eigenvalue weighted by atomic mass is 9.63. The summed E-state index contributed by atoms with van der Waals surface area (Å²) in [5.41, 5.74) is 2.04. The predicted molar refractivity (Wildman–Crippen MR) is 93.9 cm³/mol. The van der Waals surface area contributed by atoms with Crippen LogP contribution < -0.4 is 5.32 Å². The van der Waals surface area contributed by atoms with Crippen molar-refractivity contribution >= 4 is 33.4 Å². The Labute approximate surface area is 149 Å². The Balaban J connectivity index is 1.37. The fraction of sp³-hybridized carbons (Fsp3) is 0.474. The Bertz CT molecular complexity index is 754. The van der Waals surface area contributed by atoms with E-state index in [1.165, 1.54) is 11.3 Å². The molecule has 4 aliphatic carbocycles. The maximum atomic E-state index is 12.9. The van der Waals surface area contributed by atoms with Gasteiger partial charge in [-0.15, -0.1) is 0 Å². The Kier molecular flexibility index (Phi) is 3.03. The Morgan fingerprint density at radius 1 is 1.12 bits per heavy atom. The van der Waals surface area contributed by atoms with Crippen LogP contribution in [-0.4, -0.2) is 23.4 Å². The quantitative estimate of drug-likeness (QED) is 0.640. The van der Waals surface area contributed by atoms with Crippen LogP contribution in [0.15, 0.2) is 34.8 Å². The third-order valence-electron chi connectivity index (χ3n) is 6.37. The van der Waals surface area contributed by atoms with Crippen molar-refractivity contribution in [2.24, 2.45) is 35.5 Å². The molecule has 1 heterocycles. The van der Waals surface area contributed by atoms with Gasteiger partial charge in [0.05, 0.1) is 18.5 Å². The average molecular weight is 387 g/mol. The van der Waals surface area contributed by atoms with Crippen LogP contribution in [0.4, 0.5) is 5.69 Å². The molecule has 1 aromatic carbocycles. The molecule has 1 N–H and O–H groups in total. The molecule has 1 aromatic rings. The SMILES string of the molecule is Cc1cc(Br)ccc1NCN1C(=O)[C@@H]2[C@@H]3C=C[C@H]([C@H]4C[C@@H]34)[C@@H]2C1=O. The summed E-state index contributed by atoms with van der Waals surface area (Å²) in [5, 5.41) is 3.27. The monoisotopic (exact) mass is 386 g/mol. The van der Waals surface area contributed by atoms with Gasteiger partial charge in [0.15, 0.2) is 0 Å². The zero-order valence-corrected chi connectivity index (χ0v) is 15.0.